The fraction of sp³-hybridized carbons (Fsp3) is 0.700. The molecule has 15 heavy (non-hydrogen) atoms. The number of aryl methyl sites for hydroxylation is 1. The number of nitrogens with two attached hydrogens (primary N) is 1. The zero-order chi connectivity index (χ0) is 10.7. The van der Waals surface area contributed by atoms with E-state index in [0.29, 0.717) is 5.92 Å². The maximum absolute atomic E-state index is 5.61. The second-order valence-electron chi connectivity index (χ2n) is 3.84. The number of ether oxygens (including phenoxy) is 1. The van der Waals surface area contributed by atoms with Crippen LogP contribution in [0.2, 0.25) is 0 Å². The van der Waals surface area contributed by atoms with E-state index in [0.717, 1.165) is 32.0 Å². The molecule has 2 unspecified atom stereocenters. The average Bonchev–Trinajstić information content (AvgIpc) is 2.89. The lowest BCUT2D eigenvalue weighted by Crippen LogP contribution is -2.35. The van der Waals surface area contributed by atoms with E-state index in [1.165, 1.54) is 0 Å². The summed E-state index contributed by atoms with van der Waals surface area (Å²) in [5.41, 5.74) is 2.86. The van der Waals surface area contributed by atoms with Gasteiger partial charge in [0.05, 0.1) is 12.6 Å². The fourth-order valence-corrected chi connectivity index (χ4v) is 2.10. The first-order valence-electron chi connectivity index (χ1n) is 5.41. The van der Waals surface area contributed by atoms with Crippen LogP contribution < -0.4 is 11.3 Å². The molecule has 1 aliphatic heterocycles. The van der Waals surface area contributed by atoms with Crippen molar-refractivity contribution in [3.63, 3.8) is 0 Å². The summed E-state index contributed by atoms with van der Waals surface area (Å²) >= 11 is 0. The van der Waals surface area contributed by atoms with Crippen molar-refractivity contribution in [2.24, 2.45) is 11.8 Å². The van der Waals surface area contributed by atoms with Crippen molar-refractivity contribution in [3.8, 4) is 0 Å². The molecule has 0 bridgehead atoms. The maximum Gasteiger partial charge on any atom is 0.127 e. The summed E-state index contributed by atoms with van der Waals surface area (Å²) in [7, 11) is 0. The van der Waals surface area contributed by atoms with Gasteiger partial charge < -0.3 is 9.30 Å². The van der Waals surface area contributed by atoms with Crippen molar-refractivity contribution in [2.75, 3.05) is 13.2 Å². The molecule has 0 saturated carbocycles. The Balaban J connectivity index is 2.17. The Kier molecular flexibility index (Phi) is 3.35. The zero-order valence-electron chi connectivity index (χ0n) is 9.02. The highest BCUT2D eigenvalue weighted by molar-refractivity contribution is 5.02. The number of hydrazine groups is 1. The number of hydrogen-bond acceptors (Lipinski definition) is 4. The molecule has 1 fully saturated rings. The molecule has 5 nitrogen and oxygen atoms in total. The van der Waals surface area contributed by atoms with Crippen LogP contribution in [0.1, 0.15) is 25.2 Å². The van der Waals surface area contributed by atoms with Gasteiger partial charge in [-0.3, -0.25) is 5.84 Å². The van der Waals surface area contributed by atoms with Gasteiger partial charge in [-0.2, -0.15) is 0 Å². The number of imidazole rings is 1. The Morgan fingerprint density at radius 2 is 2.67 bits per heavy atom. The quantitative estimate of drug-likeness (QED) is 0.559. The lowest BCUT2D eigenvalue weighted by atomic mass is 9.99. The van der Waals surface area contributed by atoms with Gasteiger partial charge in [-0.15, -0.1) is 0 Å². The lowest BCUT2D eigenvalue weighted by Gasteiger charge is -2.21. The van der Waals surface area contributed by atoms with Crippen molar-refractivity contribution >= 4 is 0 Å². The molecule has 1 aromatic heterocycles. The van der Waals surface area contributed by atoms with Crippen molar-refractivity contribution < 1.29 is 4.74 Å². The maximum atomic E-state index is 5.61. The number of rotatable bonds is 4. The zero-order valence-corrected chi connectivity index (χ0v) is 9.02. The van der Waals surface area contributed by atoms with Crippen LogP contribution in [0.5, 0.6) is 0 Å². The number of nitrogens with one attached hydrogen (secondary N) is 1. The summed E-state index contributed by atoms with van der Waals surface area (Å²) in [6.07, 6.45) is 4.85. The van der Waals surface area contributed by atoms with E-state index in [1.54, 1.807) is 0 Å². The molecule has 2 rings (SSSR count). The largest absolute Gasteiger partial charge is 0.381 e. The third-order valence-electron chi connectivity index (χ3n) is 2.98. The molecule has 2 heterocycles. The van der Waals surface area contributed by atoms with E-state index in [-0.39, 0.29) is 6.04 Å². The summed E-state index contributed by atoms with van der Waals surface area (Å²) in [5, 5.41) is 0. The van der Waals surface area contributed by atoms with Crippen LogP contribution in [0.3, 0.4) is 0 Å². The SMILES string of the molecule is CCn1ccnc1C(NN)C1CCOC1. The van der Waals surface area contributed by atoms with Crippen molar-refractivity contribution in [1.29, 1.82) is 0 Å². The molecule has 1 saturated heterocycles. The third-order valence-corrected chi connectivity index (χ3v) is 2.98. The average molecular weight is 210 g/mol. The van der Waals surface area contributed by atoms with E-state index in [2.05, 4.69) is 21.9 Å². The normalized spacial score (nSPS) is 23.2. The Bertz CT molecular complexity index is 306. The molecule has 2 atom stereocenters. The summed E-state index contributed by atoms with van der Waals surface area (Å²) in [4.78, 5) is 4.37. The summed E-state index contributed by atoms with van der Waals surface area (Å²) in [6.45, 7) is 4.62. The molecule has 0 spiro atoms. The highest BCUT2D eigenvalue weighted by Crippen LogP contribution is 2.27. The van der Waals surface area contributed by atoms with Gasteiger partial charge in [0.1, 0.15) is 5.82 Å². The highest BCUT2D eigenvalue weighted by atomic mass is 16.5. The van der Waals surface area contributed by atoms with Gasteiger partial charge in [0.2, 0.25) is 0 Å². The smallest absolute Gasteiger partial charge is 0.127 e. The first kappa shape index (κ1) is 10.6. The molecule has 0 aromatic carbocycles. The van der Waals surface area contributed by atoms with E-state index in [4.69, 9.17) is 10.6 Å². The van der Waals surface area contributed by atoms with Crippen LogP contribution in [-0.2, 0) is 11.3 Å². The minimum Gasteiger partial charge on any atom is -0.381 e. The third kappa shape index (κ3) is 2.04. The van der Waals surface area contributed by atoms with E-state index in [1.807, 2.05) is 12.4 Å². The lowest BCUT2D eigenvalue weighted by molar-refractivity contribution is 0.175. The molecular formula is C10H18N4O. The van der Waals surface area contributed by atoms with E-state index < -0.39 is 0 Å². The van der Waals surface area contributed by atoms with Crippen LogP contribution in [0.15, 0.2) is 12.4 Å². The number of aromatic nitrogens is 2. The molecule has 3 N–H and O–H groups in total. The van der Waals surface area contributed by atoms with Crippen molar-refractivity contribution in [1.82, 2.24) is 15.0 Å². The summed E-state index contributed by atoms with van der Waals surface area (Å²) in [6, 6.07) is 0.0995. The van der Waals surface area contributed by atoms with Crippen molar-refractivity contribution in [2.45, 2.75) is 25.9 Å². The van der Waals surface area contributed by atoms with Gasteiger partial charge in [0, 0.05) is 31.5 Å². The monoisotopic (exact) mass is 210 g/mol. The first-order chi connectivity index (χ1) is 7.36. The minimum absolute atomic E-state index is 0.0995. The fourth-order valence-electron chi connectivity index (χ4n) is 2.10. The molecule has 0 radical (unpaired) electrons. The molecule has 0 amide bonds. The van der Waals surface area contributed by atoms with Gasteiger partial charge >= 0.3 is 0 Å². The summed E-state index contributed by atoms with van der Waals surface area (Å²) < 4.78 is 7.49. The molecule has 84 valence electrons. The number of nitrogens with zero attached hydrogens (tertiary/aromatic N) is 2. The molecule has 1 aromatic rings. The Hall–Kier alpha value is -0.910. The molecular weight excluding hydrogens is 192 g/mol. The van der Waals surface area contributed by atoms with Crippen LogP contribution >= 0.6 is 0 Å². The van der Waals surface area contributed by atoms with Crippen molar-refractivity contribution in [3.05, 3.63) is 18.2 Å². The van der Waals surface area contributed by atoms with Gasteiger partial charge in [-0.25, -0.2) is 10.4 Å². The Labute approximate surface area is 89.6 Å². The highest BCUT2D eigenvalue weighted by Gasteiger charge is 2.28. The topological polar surface area (TPSA) is 65.1 Å². The van der Waals surface area contributed by atoms with Crippen LogP contribution in [0.4, 0.5) is 0 Å². The predicted molar refractivity (Wildman–Crippen MR) is 56.9 cm³/mol. The van der Waals surface area contributed by atoms with Crippen LogP contribution in [-0.4, -0.2) is 22.8 Å². The number of hydrogen-bond donors (Lipinski definition) is 2. The summed E-state index contributed by atoms with van der Waals surface area (Å²) in [5.74, 6) is 7.05. The van der Waals surface area contributed by atoms with Gasteiger partial charge in [0.15, 0.2) is 0 Å². The second-order valence-corrected chi connectivity index (χ2v) is 3.84. The predicted octanol–water partition coefficient (Wildman–Crippen LogP) is 0.444. The Morgan fingerprint density at radius 1 is 1.80 bits per heavy atom. The molecule has 1 aliphatic rings. The standard InChI is InChI=1S/C10H18N4O/c1-2-14-5-4-12-10(14)9(13-11)8-3-6-15-7-8/h4-5,8-9,13H,2-3,6-7,11H2,1H3. The van der Waals surface area contributed by atoms with E-state index in [9.17, 15) is 0 Å². The van der Waals surface area contributed by atoms with Gasteiger partial charge in [-0.1, -0.05) is 0 Å². The molecule has 0 aliphatic carbocycles. The molecule has 5 heteroatoms. The van der Waals surface area contributed by atoms with Gasteiger partial charge in [0.25, 0.3) is 0 Å². The second kappa shape index (κ2) is 4.74. The van der Waals surface area contributed by atoms with Gasteiger partial charge in [-0.05, 0) is 13.3 Å². The first-order valence-corrected chi connectivity index (χ1v) is 5.41. The van der Waals surface area contributed by atoms with Crippen LogP contribution in [0.25, 0.3) is 0 Å². The minimum atomic E-state index is 0.0995. The Morgan fingerprint density at radius 3 is 3.27 bits per heavy atom. The van der Waals surface area contributed by atoms with Crippen LogP contribution in [0, 0.1) is 5.92 Å². The van der Waals surface area contributed by atoms with E-state index >= 15 is 0 Å².